The molecule has 3 aromatic rings. The molecule has 0 saturated carbocycles. The third kappa shape index (κ3) is 5.66. The number of halogens is 1. The Morgan fingerprint density at radius 3 is 2.44 bits per heavy atom. The summed E-state index contributed by atoms with van der Waals surface area (Å²) in [6, 6.07) is 19.0. The van der Waals surface area contributed by atoms with Crippen LogP contribution in [0, 0.1) is 6.92 Å². The number of esters is 1. The smallest absolute Gasteiger partial charge is 0.338 e. The van der Waals surface area contributed by atoms with Crippen LogP contribution in [0.4, 0.5) is 11.4 Å². The number of nitrogens with zero attached hydrogens (tertiary/aromatic N) is 1. The van der Waals surface area contributed by atoms with Crippen LogP contribution in [-0.2, 0) is 19.6 Å². The summed E-state index contributed by atoms with van der Waals surface area (Å²) in [5, 5.41) is 3.03. The van der Waals surface area contributed by atoms with Crippen molar-refractivity contribution in [3.63, 3.8) is 0 Å². The van der Waals surface area contributed by atoms with Crippen LogP contribution in [0.1, 0.15) is 15.9 Å². The molecule has 0 heterocycles. The highest BCUT2D eigenvalue weighted by atomic mass is 35.5. The summed E-state index contributed by atoms with van der Waals surface area (Å²) in [6.07, 6.45) is 0. The van der Waals surface area contributed by atoms with Gasteiger partial charge in [0.15, 0.2) is 6.61 Å². The molecule has 0 atom stereocenters. The van der Waals surface area contributed by atoms with Gasteiger partial charge in [0.1, 0.15) is 0 Å². The van der Waals surface area contributed by atoms with E-state index in [4.69, 9.17) is 16.3 Å². The van der Waals surface area contributed by atoms with Crippen LogP contribution in [0.2, 0.25) is 5.02 Å². The van der Waals surface area contributed by atoms with Crippen molar-refractivity contribution >= 4 is 44.9 Å². The molecule has 0 aliphatic rings. The Bertz CT molecular complexity index is 1260. The quantitative estimate of drug-likeness (QED) is 0.518. The Morgan fingerprint density at radius 2 is 1.72 bits per heavy atom. The first-order valence-corrected chi connectivity index (χ1v) is 11.4. The maximum atomic E-state index is 13.0. The highest BCUT2D eigenvalue weighted by Gasteiger charge is 2.23. The van der Waals surface area contributed by atoms with Crippen molar-refractivity contribution in [1.29, 1.82) is 0 Å². The number of benzene rings is 3. The molecule has 0 radical (unpaired) electrons. The molecule has 3 rings (SSSR count). The minimum Gasteiger partial charge on any atom is -0.452 e. The predicted octanol–water partition coefficient (Wildman–Crippen LogP) is 4.27. The highest BCUT2D eigenvalue weighted by molar-refractivity contribution is 7.92. The van der Waals surface area contributed by atoms with Gasteiger partial charge in [0.05, 0.1) is 16.1 Å². The van der Waals surface area contributed by atoms with Crippen molar-refractivity contribution in [3.05, 3.63) is 88.9 Å². The molecule has 9 heteroatoms. The molecule has 3 aromatic carbocycles. The fraction of sp³-hybridized carbons (Fsp3) is 0.130. The summed E-state index contributed by atoms with van der Waals surface area (Å²) in [5.41, 5.74) is 1.94. The van der Waals surface area contributed by atoms with Crippen molar-refractivity contribution in [2.45, 2.75) is 11.8 Å². The van der Waals surface area contributed by atoms with Gasteiger partial charge >= 0.3 is 5.97 Å². The summed E-state index contributed by atoms with van der Waals surface area (Å²) in [6.45, 7) is 1.38. The van der Waals surface area contributed by atoms with Crippen molar-refractivity contribution < 1.29 is 22.7 Å². The molecule has 0 aliphatic heterocycles. The lowest BCUT2D eigenvalue weighted by Crippen LogP contribution is -2.27. The number of ether oxygens (including phenoxy) is 1. The van der Waals surface area contributed by atoms with E-state index in [0.29, 0.717) is 16.4 Å². The van der Waals surface area contributed by atoms with Gasteiger partial charge in [0.25, 0.3) is 15.9 Å². The van der Waals surface area contributed by atoms with Crippen molar-refractivity contribution in [1.82, 2.24) is 0 Å². The number of carbonyl (C=O) groups is 2. The monoisotopic (exact) mass is 472 g/mol. The van der Waals surface area contributed by atoms with E-state index in [1.54, 1.807) is 36.4 Å². The molecule has 0 fully saturated rings. The lowest BCUT2D eigenvalue weighted by molar-refractivity contribution is -0.119. The van der Waals surface area contributed by atoms with Crippen LogP contribution >= 0.6 is 11.6 Å². The standard InChI is InChI=1S/C23H21ClN2O5S/c1-16-6-3-9-19(12-16)25-22(27)15-31-23(28)17-7-4-11-21(13-17)32(29,30)26(2)20-10-5-8-18(24)14-20/h3-14H,15H2,1-2H3,(H,25,27). The highest BCUT2D eigenvalue weighted by Crippen LogP contribution is 2.25. The molecule has 7 nitrogen and oxygen atoms in total. The Balaban J connectivity index is 1.69. The first-order chi connectivity index (χ1) is 15.2. The zero-order chi connectivity index (χ0) is 23.3. The summed E-state index contributed by atoms with van der Waals surface area (Å²) in [4.78, 5) is 24.4. The van der Waals surface area contributed by atoms with Gasteiger partial charge < -0.3 is 10.1 Å². The fourth-order valence-electron chi connectivity index (χ4n) is 2.89. The van der Waals surface area contributed by atoms with E-state index < -0.39 is 28.5 Å². The van der Waals surface area contributed by atoms with E-state index in [1.165, 1.54) is 37.4 Å². The Kier molecular flexibility index (Phi) is 7.17. The second kappa shape index (κ2) is 9.84. The second-order valence-corrected chi connectivity index (χ2v) is 9.38. The van der Waals surface area contributed by atoms with Crippen LogP contribution in [0.5, 0.6) is 0 Å². The second-order valence-electron chi connectivity index (χ2n) is 6.97. The SMILES string of the molecule is Cc1cccc(NC(=O)COC(=O)c2cccc(S(=O)(=O)N(C)c3cccc(Cl)c3)c2)c1. The molecule has 1 amide bonds. The summed E-state index contributed by atoms with van der Waals surface area (Å²) >= 11 is 5.96. The largest absolute Gasteiger partial charge is 0.452 e. The van der Waals surface area contributed by atoms with E-state index in [9.17, 15) is 18.0 Å². The van der Waals surface area contributed by atoms with Crippen molar-refractivity contribution in [3.8, 4) is 0 Å². The molecule has 166 valence electrons. The van der Waals surface area contributed by atoms with Crippen LogP contribution in [-0.4, -0.2) is 33.9 Å². The van der Waals surface area contributed by atoms with Gasteiger partial charge in [-0.05, 0) is 61.0 Å². The minimum atomic E-state index is -3.95. The minimum absolute atomic E-state index is 0.00826. The third-order valence-electron chi connectivity index (χ3n) is 4.54. The molecule has 0 saturated heterocycles. The lowest BCUT2D eigenvalue weighted by Gasteiger charge is -2.20. The average Bonchev–Trinajstić information content (AvgIpc) is 2.77. The van der Waals surface area contributed by atoms with Gasteiger partial charge in [-0.2, -0.15) is 0 Å². The maximum Gasteiger partial charge on any atom is 0.338 e. The van der Waals surface area contributed by atoms with Gasteiger partial charge in [-0.3, -0.25) is 9.10 Å². The number of amides is 1. The molecule has 0 aliphatic carbocycles. The summed E-state index contributed by atoms with van der Waals surface area (Å²) in [5.74, 6) is -1.32. The topological polar surface area (TPSA) is 92.8 Å². The van der Waals surface area contributed by atoms with Gasteiger partial charge in [0, 0.05) is 17.8 Å². The molecule has 0 unspecified atom stereocenters. The Labute approximate surface area is 191 Å². The van der Waals surface area contributed by atoms with E-state index in [0.717, 1.165) is 9.87 Å². The first-order valence-electron chi connectivity index (χ1n) is 9.55. The average molecular weight is 473 g/mol. The molecule has 0 bridgehead atoms. The van der Waals surface area contributed by atoms with E-state index >= 15 is 0 Å². The predicted molar refractivity (Wildman–Crippen MR) is 124 cm³/mol. The molecule has 1 N–H and O–H groups in total. The molecule has 32 heavy (non-hydrogen) atoms. The van der Waals surface area contributed by atoms with Gasteiger partial charge in [-0.1, -0.05) is 35.9 Å². The number of carbonyl (C=O) groups excluding carboxylic acids is 2. The summed E-state index contributed by atoms with van der Waals surface area (Å²) < 4.78 is 32.1. The zero-order valence-electron chi connectivity index (χ0n) is 17.4. The fourth-order valence-corrected chi connectivity index (χ4v) is 4.31. The number of hydrogen-bond donors (Lipinski definition) is 1. The van der Waals surface area contributed by atoms with Gasteiger partial charge in [0.2, 0.25) is 0 Å². The van der Waals surface area contributed by atoms with Crippen LogP contribution in [0.15, 0.2) is 77.7 Å². The normalized spacial score (nSPS) is 11.0. The number of rotatable bonds is 7. The van der Waals surface area contributed by atoms with Gasteiger partial charge in [-0.25, -0.2) is 13.2 Å². The van der Waals surface area contributed by atoms with E-state index in [-0.39, 0.29) is 10.5 Å². The van der Waals surface area contributed by atoms with E-state index in [2.05, 4.69) is 5.32 Å². The van der Waals surface area contributed by atoms with Crippen molar-refractivity contribution in [2.75, 3.05) is 23.3 Å². The van der Waals surface area contributed by atoms with Gasteiger partial charge in [-0.15, -0.1) is 0 Å². The van der Waals surface area contributed by atoms with Crippen LogP contribution in [0.25, 0.3) is 0 Å². The number of aryl methyl sites for hydroxylation is 1. The number of sulfonamides is 1. The molecular weight excluding hydrogens is 452 g/mol. The zero-order valence-corrected chi connectivity index (χ0v) is 19.0. The maximum absolute atomic E-state index is 13.0. The lowest BCUT2D eigenvalue weighted by atomic mass is 10.2. The van der Waals surface area contributed by atoms with Crippen molar-refractivity contribution in [2.24, 2.45) is 0 Å². The van der Waals surface area contributed by atoms with E-state index in [1.807, 2.05) is 13.0 Å². The third-order valence-corrected chi connectivity index (χ3v) is 6.55. The molecular formula is C23H21ClN2O5S. The summed E-state index contributed by atoms with van der Waals surface area (Å²) in [7, 11) is -2.56. The number of hydrogen-bond acceptors (Lipinski definition) is 5. The molecule has 0 spiro atoms. The van der Waals surface area contributed by atoms with Crippen LogP contribution < -0.4 is 9.62 Å². The first kappa shape index (κ1) is 23.3. The Morgan fingerprint density at radius 1 is 1.00 bits per heavy atom. The Hall–Kier alpha value is -3.36. The number of anilines is 2. The molecule has 0 aromatic heterocycles. The number of nitrogens with one attached hydrogen (secondary N) is 1. The van der Waals surface area contributed by atoms with Crippen LogP contribution in [0.3, 0.4) is 0 Å².